The molecule has 1 fully saturated rings. The van der Waals surface area contributed by atoms with Gasteiger partial charge >= 0.3 is 6.18 Å². The van der Waals surface area contributed by atoms with Crippen LogP contribution in [-0.2, 0) is 6.18 Å². The summed E-state index contributed by atoms with van der Waals surface area (Å²) in [7, 11) is 0. The van der Waals surface area contributed by atoms with Crippen LogP contribution in [0.25, 0.3) is 0 Å². The lowest BCUT2D eigenvalue weighted by Gasteiger charge is -2.31. The summed E-state index contributed by atoms with van der Waals surface area (Å²) < 4.78 is 38.9. The van der Waals surface area contributed by atoms with Gasteiger partial charge in [0.15, 0.2) is 5.17 Å². The van der Waals surface area contributed by atoms with Crippen molar-refractivity contribution < 1.29 is 13.2 Å². The number of anilines is 1. The minimum absolute atomic E-state index is 0.0821. The lowest BCUT2D eigenvalue weighted by atomic mass is 9.89. The van der Waals surface area contributed by atoms with Crippen LogP contribution >= 0.6 is 11.8 Å². The Balaban J connectivity index is 1.75. The van der Waals surface area contributed by atoms with Gasteiger partial charge in [-0.25, -0.2) is 0 Å². The second-order valence-electron chi connectivity index (χ2n) is 5.79. The molecule has 1 aromatic rings. The molecule has 0 atom stereocenters. The first-order valence-electron chi connectivity index (χ1n) is 7.09. The SMILES string of the molecule is FC(F)(F)c1ccccc1NC1=NCC2(CCCC2)CS1. The van der Waals surface area contributed by atoms with Crippen LogP contribution in [0.1, 0.15) is 31.2 Å². The zero-order chi connectivity index (χ0) is 14.9. The van der Waals surface area contributed by atoms with Gasteiger partial charge in [-0.05, 0) is 30.4 Å². The number of amidine groups is 1. The molecule has 0 amide bonds. The molecule has 0 aromatic heterocycles. The smallest absolute Gasteiger partial charge is 0.334 e. The second-order valence-corrected chi connectivity index (χ2v) is 6.75. The van der Waals surface area contributed by atoms with Gasteiger partial charge in [0.05, 0.1) is 11.3 Å². The van der Waals surface area contributed by atoms with Gasteiger partial charge in [0.25, 0.3) is 0 Å². The van der Waals surface area contributed by atoms with Crippen LogP contribution in [0.3, 0.4) is 0 Å². The zero-order valence-electron chi connectivity index (χ0n) is 11.5. The van der Waals surface area contributed by atoms with E-state index >= 15 is 0 Å². The van der Waals surface area contributed by atoms with E-state index in [1.807, 2.05) is 0 Å². The van der Waals surface area contributed by atoms with Gasteiger partial charge in [-0.3, -0.25) is 4.99 Å². The highest BCUT2D eigenvalue weighted by atomic mass is 32.2. The summed E-state index contributed by atoms with van der Waals surface area (Å²) in [5.41, 5.74) is -0.271. The van der Waals surface area contributed by atoms with Crippen molar-refractivity contribution in [3.63, 3.8) is 0 Å². The number of hydrogen-bond acceptors (Lipinski definition) is 3. The lowest BCUT2D eigenvalue weighted by molar-refractivity contribution is -0.136. The number of halogens is 3. The van der Waals surface area contributed by atoms with E-state index in [-0.39, 0.29) is 5.69 Å². The highest BCUT2D eigenvalue weighted by molar-refractivity contribution is 8.14. The second kappa shape index (κ2) is 5.55. The molecular formula is C15H17F3N2S. The molecule has 1 spiro atoms. The highest BCUT2D eigenvalue weighted by Gasteiger charge is 2.37. The van der Waals surface area contributed by atoms with E-state index in [2.05, 4.69) is 10.3 Å². The molecule has 21 heavy (non-hydrogen) atoms. The Bertz CT molecular complexity index is 548. The molecule has 1 N–H and O–H groups in total. The van der Waals surface area contributed by atoms with Crippen LogP contribution in [0, 0.1) is 5.41 Å². The van der Waals surface area contributed by atoms with Crippen LogP contribution in [0.4, 0.5) is 18.9 Å². The molecule has 1 aliphatic carbocycles. The number of thioether (sulfide) groups is 1. The van der Waals surface area contributed by atoms with E-state index in [1.165, 1.54) is 37.8 Å². The van der Waals surface area contributed by atoms with E-state index < -0.39 is 11.7 Å². The maximum atomic E-state index is 13.0. The lowest BCUT2D eigenvalue weighted by Crippen LogP contribution is -2.30. The van der Waals surface area contributed by atoms with Gasteiger partial charge in [0.1, 0.15) is 0 Å². The molecule has 2 aliphatic rings. The number of alkyl halides is 3. The molecule has 114 valence electrons. The molecule has 6 heteroatoms. The van der Waals surface area contributed by atoms with Crippen LogP contribution in [-0.4, -0.2) is 17.5 Å². The fourth-order valence-electron chi connectivity index (χ4n) is 3.01. The van der Waals surface area contributed by atoms with E-state index in [4.69, 9.17) is 0 Å². The minimum atomic E-state index is -4.35. The first-order valence-corrected chi connectivity index (χ1v) is 8.08. The Hall–Kier alpha value is -1.17. The largest absolute Gasteiger partial charge is 0.418 e. The molecule has 1 heterocycles. The predicted molar refractivity (Wildman–Crippen MR) is 80.7 cm³/mol. The number of benzene rings is 1. The van der Waals surface area contributed by atoms with Crippen molar-refractivity contribution in [1.82, 2.24) is 0 Å². The number of rotatable bonds is 1. The van der Waals surface area contributed by atoms with Crippen molar-refractivity contribution >= 4 is 22.6 Å². The van der Waals surface area contributed by atoms with Gasteiger partial charge in [-0.1, -0.05) is 36.7 Å². The minimum Gasteiger partial charge on any atom is -0.334 e. The van der Waals surface area contributed by atoms with Gasteiger partial charge in [0.2, 0.25) is 0 Å². The molecule has 1 aromatic carbocycles. The van der Waals surface area contributed by atoms with Crippen LogP contribution < -0.4 is 5.32 Å². The first-order chi connectivity index (χ1) is 9.99. The summed E-state index contributed by atoms with van der Waals surface area (Å²) in [6.45, 7) is 0.733. The Morgan fingerprint density at radius 2 is 1.86 bits per heavy atom. The predicted octanol–water partition coefficient (Wildman–Crippen LogP) is 4.78. The summed E-state index contributed by atoms with van der Waals surface area (Å²) in [5.74, 6) is 0.951. The van der Waals surface area contributed by atoms with Gasteiger partial charge in [-0.15, -0.1) is 0 Å². The molecule has 0 radical (unpaired) electrons. The van der Waals surface area contributed by atoms with E-state index in [1.54, 1.807) is 17.8 Å². The van der Waals surface area contributed by atoms with E-state index in [0.717, 1.165) is 18.4 Å². The maximum absolute atomic E-state index is 13.0. The van der Waals surface area contributed by atoms with Crippen molar-refractivity contribution in [2.24, 2.45) is 10.4 Å². The number of hydrogen-bond donors (Lipinski definition) is 1. The maximum Gasteiger partial charge on any atom is 0.418 e. The summed E-state index contributed by atoms with van der Waals surface area (Å²) in [4.78, 5) is 4.48. The Morgan fingerprint density at radius 3 is 2.48 bits per heavy atom. The first kappa shape index (κ1) is 14.8. The molecule has 3 rings (SSSR count). The fourth-order valence-corrected chi connectivity index (χ4v) is 4.17. The monoisotopic (exact) mass is 314 g/mol. The summed E-state index contributed by atoms with van der Waals surface area (Å²) in [6.07, 6.45) is 0.521. The fraction of sp³-hybridized carbons (Fsp3) is 0.533. The molecule has 0 saturated heterocycles. The highest BCUT2D eigenvalue weighted by Crippen LogP contribution is 2.44. The Labute approximate surface area is 126 Å². The summed E-state index contributed by atoms with van der Waals surface area (Å²) >= 11 is 1.55. The molecule has 0 unspecified atom stereocenters. The van der Waals surface area contributed by atoms with Gasteiger partial charge in [-0.2, -0.15) is 13.2 Å². The third kappa shape index (κ3) is 3.20. The van der Waals surface area contributed by atoms with E-state index in [9.17, 15) is 13.2 Å². The van der Waals surface area contributed by atoms with Gasteiger partial charge in [0, 0.05) is 12.3 Å². The summed E-state index contributed by atoms with van der Waals surface area (Å²) in [6, 6.07) is 5.54. The molecule has 2 nitrogen and oxygen atoms in total. The number of nitrogens with one attached hydrogen (secondary N) is 1. The topological polar surface area (TPSA) is 24.4 Å². The van der Waals surface area contributed by atoms with Crippen molar-refractivity contribution in [1.29, 1.82) is 0 Å². The van der Waals surface area contributed by atoms with Crippen molar-refractivity contribution in [3.05, 3.63) is 29.8 Å². The Kier molecular flexibility index (Phi) is 3.90. The number of para-hydroxylation sites is 1. The molecular weight excluding hydrogens is 297 g/mol. The average Bonchev–Trinajstić information content (AvgIpc) is 2.90. The zero-order valence-corrected chi connectivity index (χ0v) is 12.4. The number of aliphatic imine (C=N–C) groups is 1. The van der Waals surface area contributed by atoms with Crippen LogP contribution in [0.2, 0.25) is 0 Å². The van der Waals surface area contributed by atoms with Crippen LogP contribution in [0.5, 0.6) is 0 Å². The van der Waals surface area contributed by atoms with Crippen LogP contribution in [0.15, 0.2) is 29.3 Å². The number of nitrogens with zero attached hydrogens (tertiary/aromatic N) is 1. The van der Waals surface area contributed by atoms with Crippen molar-refractivity contribution in [2.45, 2.75) is 31.9 Å². The van der Waals surface area contributed by atoms with E-state index in [0.29, 0.717) is 10.6 Å². The third-order valence-electron chi connectivity index (χ3n) is 4.21. The molecule has 1 aliphatic heterocycles. The molecule has 1 saturated carbocycles. The molecule has 0 bridgehead atoms. The average molecular weight is 314 g/mol. The van der Waals surface area contributed by atoms with Crippen molar-refractivity contribution in [3.8, 4) is 0 Å². The normalized spacial score (nSPS) is 21.4. The third-order valence-corrected chi connectivity index (χ3v) is 5.47. The van der Waals surface area contributed by atoms with Crippen molar-refractivity contribution in [2.75, 3.05) is 17.6 Å². The van der Waals surface area contributed by atoms with Gasteiger partial charge < -0.3 is 5.32 Å². The standard InChI is InChI=1S/C15H17F3N2S/c16-15(17,18)11-5-1-2-6-12(11)20-13-19-9-14(10-21-13)7-3-4-8-14/h1-2,5-6H,3-4,7-10H2,(H,19,20). The quantitative estimate of drug-likeness (QED) is 0.806. The Morgan fingerprint density at radius 1 is 1.14 bits per heavy atom. The summed E-state index contributed by atoms with van der Waals surface area (Å²) in [5, 5.41) is 3.46.